The van der Waals surface area contributed by atoms with Crippen LogP contribution in [-0.2, 0) is 19.4 Å². The topological polar surface area (TPSA) is 108 Å². The van der Waals surface area contributed by atoms with Crippen molar-refractivity contribution in [3.8, 4) is 0 Å². The van der Waals surface area contributed by atoms with Gasteiger partial charge in [0.1, 0.15) is 15.4 Å². The molecule has 1 unspecified atom stereocenters. The summed E-state index contributed by atoms with van der Waals surface area (Å²) in [5.41, 5.74) is 9.46. The number of hydrogen-bond donors (Lipinski definition) is 1. The maximum Gasteiger partial charge on any atom is 0.337 e. The largest absolute Gasteiger partial charge is 0.466 e. The molecule has 1 aliphatic heterocycles. The zero-order valence-corrected chi connectivity index (χ0v) is 23.2. The Morgan fingerprint density at radius 2 is 1.54 bits per heavy atom. The third-order valence-electron chi connectivity index (χ3n) is 6.63. The number of hydrogen-bond acceptors (Lipinski definition) is 7. The molecule has 2 heterocycles. The van der Waals surface area contributed by atoms with Gasteiger partial charge in [0.05, 0.1) is 28.0 Å². The van der Waals surface area contributed by atoms with Gasteiger partial charge in [-0.3, -0.25) is 9.36 Å². The lowest BCUT2D eigenvalue weighted by Crippen LogP contribution is -2.41. The third kappa shape index (κ3) is 4.64. The molecule has 0 radical (unpaired) electrons. The molecule has 0 bridgehead atoms. The molecule has 39 heavy (non-hydrogen) atoms. The standard InChI is InChI=1S/C30H26N2O5S2/c1-18-9-13-20(14-10-18)17-23-28(33)32-27(31)26(39(35,36)22-7-5-4-6-8-22)24(21-15-11-19(2)12-16-21)25(29(32)38-23)30(34)37-3/h4-17,24H,31H2,1-3H3/b23-17-. The first-order chi connectivity index (χ1) is 18.6. The Hall–Kier alpha value is -4.21. The monoisotopic (exact) mass is 558 g/mol. The number of allylic oxidation sites excluding steroid dienone is 1. The van der Waals surface area contributed by atoms with Crippen molar-refractivity contribution in [1.29, 1.82) is 0 Å². The molecule has 0 fully saturated rings. The van der Waals surface area contributed by atoms with E-state index in [4.69, 9.17) is 10.5 Å². The highest BCUT2D eigenvalue weighted by Gasteiger charge is 2.42. The highest BCUT2D eigenvalue weighted by Crippen LogP contribution is 2.42. The molecule has 0 aliphatic carbocycles. The lowest BCUT2D eigenvalue weighted by atomic mass is 9.89. The molecule has 0 amide bonds. The summed E-state index contributed by atoms with van der Waals surface area (Å²) in [4.78, 5) is 26.9. The van der Waals surface area contributed by atoms with Crippen molar-refractivity contribution in [2.24, 2.45) is 5.73 Å². The van der Waals surface area contributed by atoms with E-state index in [1.165, 1.54) is 19.2 Å². The summed E-state index contributed by atoms with van der Waals surface area (Å²) in [5, 5.41) is 0. The van der Waals surface area contributed by atoms with Gasteiger partial charge in [-0.15, -0.1) is 11.3 Å². The molecule has 7 nitrogen and oxygen atoms in total. The number of rotatable bonds is 5. The number of ether oxygens (including phenoxy) is 1. The highest BCUT2D eigenvalue weighted by molar-refractivity contribution is 7.95. The lowest BCUT2D eigenvalue weighted by Gasteiger charge is -2.28. The smallest absolute Gasteiger partial charge is 0.337 e. The Bertz CT molecular complexity index is 1900. The normalized spacial score (nSPS) is 15.8. The summed E-state index contributed by atoms with van der Waals surface area (Å²) in [6.07, 6.45) is 1.70. The minimum atomic E-state index is -4.25. The molecule has 2 N–H and O–H groups in total. The van der Waals surface area contributed by atoms with Gasteiger partial charge in [0.2, 0.25) is 9.84 Å². The first-order valence-electron chi connectivity index (χ1n) is 12.1. The Kier molecular flexibility index (Phi) is 6.88. The van der Waals surface area contributed by atoms with E-state index >= 15 is 0 Å². The molecular formula is C30H26N2O5S2. The van der Waals surface area contributed by atoms with Crippen LogP contribution in [-0.4, -0.2) is 26.1 Å². The van der Waals surface area contributed by atoms with E-state index < -0.39 is 27.3 Å². The zero-order chi connectivity index (χ0) is 27.9. The Morgan fingerprint density at radius 1 is 0.949 bits per heavy atom. The number of esters is 1. The van der Waals surface area contributed by atoms with E-state index in [1.54, 1.807) is 36.4 Å². The molecule has 5 rings (SSSR count). The molecule has 1 aromatic heterocycles. The van der Waals surface area contributed by atoms with Gasteiger partial charge in [-0.25, -0.2) is 13.2 Å². The molecule has 0 saturated carbocycles. The maximum atomic E-state index is 14.1. The molecule has 3 aromatic carbocycles. The Balaban J connectivity index is 1.92. The van der Waals surface area contributed by atoms with Gasteiger partial charge in [0, 0.05) is 0 Å². The summed E-state index contributed by atoms with van der Waals surface area (Å²) in [6.45, 7) is 3.87. The number of carbonyl (C=O) groups excluding carboxylic acids is 1. The van der Waals surface area contributed by atoms with Gasteiger partial charge >= 0.3 is 5.97 Å². The van der Waals surface area contributed by atoms with Crippen molar-refractivity contribution in [3.63, 3.8) is 0 Å². The van der Waals surface area contributed by atoms with Crippen molar-refractivity contribution in [3.05, 3.63) is 126 Å². The first kappa shape index (κ1) is 26.4. The van der Waals surface area contributed by atoms with E-state index in [-0.39, 0.29) is 25.9 Å². The van der Waals surface area contributed by atoms with Crippen LogP contribution in [0.3, 0.4) is 0 Å². The van der Waals surface area contributed by atoms with Gasteiger partial charge in [-0.1, -0.05) is 77.9 Å². The second-order valence-corrected chi connectivity index (χ2v) is 12.2. The van der Waals surface area contributed by atoms with Crippen LogP contribution in [0.4, 0.5) is 0 Å². The van der Waals surface area contributed by atoms with Crippen LogP contribution in [0.25, 0.3) is 17.5 Å². The molecule has 1 atom stereocenters. The fourth-order valence-corrected chi connectivity index (χ4v) is 7.49. The number of aromatic nitrogens is 1. The van der Waals surface area contributed by atoms with Gasteiger partial charge in [0.25, 0.3) is 5.56 Å². The number of carbonyl (C=O) groups is 1. The van der Waals surface area contributed by atoms with E-state index in [1.807, 2.05) is 50.2 Å². The second kappa shape index (κ2) is 10.2. The zero-order valence-electron chi connectivity index (χ0n) is 21.5. The maximum absolute atomic E-state index is 14.1. The van der Waals surface area contributed by atoms with Crippen molar-refractivity contribution in [2.45, 2.75) is 24.7 Å². The predicted octanol–water partition coefficient (Wildman–Crippen LogP) is 3.04. The quantitative estimate of drug-likeness (QED) is 0.377. The average Bonchev–Trinajstić information content (AvgIpc) is 3.25. The Labute approximate surface area is 229 Å². The molecular weight excluding hydrogens is 532 g/mol. The van der Waals surface area contributed by atoms with Crippen LogP contribution in [0.15, 0.2) is 93.5 Å². The van der Waals surface area contributed by atoms with Gasteiger partial charge in [0.15, 0.2) is 0 Å². The number of methoxy groups -OCH3 is 1. The van der Waals surface area contributed by atoms with Crippen LogP contribution in [0.5, 0.6) is 0 Å². The summed E-state index contributed by atoms with van der Waals surface area (Å²) in [7, 11) is -3.02. The molecule has 9 heteroatoms. The molecule has 198 valence electrons. The summed E-state index contributed by atoms with van der Waals surface area (Å²) >= 11 is 1.07. The molecule has 0 saturated heterocycles. The van der Waals surface area contributed by atoms with Crippen LogP contribution in [0.1, 0.15) is 28.2 Å². The fraction of sp³-hybridized carbons (Fsp3) is 0.133. The number of fused-ring (bicyclic) bond motifs is 1. The minimum absolute atomic E-state index is 0.00227. The Morgan fingerprint density at radius 3 is 2.13 bits per heavy atom. The van der Waals surface area contributed by atoms with Crippen molar-refractivity contribution in [1.82, 2.24) is 4.57 Å². The number of sulfone groups is 1. The number of nitrogens with zero attached hydrogens (tertiary/aromatic N) is 1. The average molecular weight is 559 g/mol. The number of nitrogens with two attached hydrogens (primary N) is 1. The minimum Gasteiger partial charge on any atom is -0.466 e. The van der Waals surface area contributed by atoms with E-state index in [2.05, 4.69) is 0 Å². The first-order valence-corrected chi connectivity index (χ1v) is 14.4. The summed E-state index contributed by atoms with van der Waals surface area (Å²) in [5.74, 6) is -2.07. The van der Waals surface area contributed by atoms with Crippen molar-refractivity contribution in [2.75, 3.05) is 7.11 Å². The number of benzene rings is 3. The van der Waals surface area contributed by atoms with E-state index in [9.17, 15) is 18.0 Å². The van der Waals surface area contributed by atoms with Crippen molar-refractivity contribution >= 4 is 44.6 Å². The molecule has 4 aromatic rings. The number of thiazole rings is 1. The third-order valence-corrected chi connectivity index (χ3v) is 9.66. The van der Waals surface area contributed by atoms with Crippen LogP contribution >= 0.6 is 11.3 Å². The van der Waals surface area contributed by atoms with E-state index in [0.29, 0.717) is 10.1 Å². The van der Waals surface area contributed by atoms with Crippen LogP contribution in [0.2, 0.25) is 0 Å². The van der Waals surface area contributed by atoms with Crippen LogP contribution in [0, 0.1) is 13.8 Å². The van der Waals surface area contributed by atoms with Crippen molar-refractivity contribution < 1.29 is 17.9 Å². The lowest BCUT2D eigenvalue weighted by molar-refractivity contribution is -0.134. The highest BCUT2D eigenvalue weighted by atomic mass is 32.2. The summed E-state index contributed by atoms with van der Waals surface area (Å²) in [6, 6.07) is 22.6. The predicted molar refractivity (Wildman–Crippen MR) is 153 cm³/mol. The second-order valence-electron chi connectivity index (χ2n) is 9.28. The fourth-order valence-electron chi connectivity index (χ4n) is 4.62. The summed E-state index contributed by atoms with van der Waals surface area (Å²) < 4.78 is 35.1. The van der Waals surface area contributed by atoms with Gasteiger partial charge in [-0.2, -0.15) is 0 Å². The van der Waals surface area contributed by atoms with E-state index in [0.717, 1.165) is 32.6 Å². The number of aryl methyl sites for hydroxylation is 2. The SMILES string of the molecule is COC(=O)C1=c2s/c(=C\c3ccc(C)cc3)c(=O)n2C(N)=C(S(=O)(=O)c2ccccc2)C1c1ccc(C)cc1. The van der Waals surface area contributed by atoms with Gasteiger partial charge < -0.3 is 10.5 Å². The molecule has 1 aliphatic rings. The van der Waals surface area contributed by atoms with Gasteiger partial charge in [-0.05, 0) is 43.2 Å². The van der Waals surface area contributed by atoms with Crippen LogP contribution < -0.4 is 20.5 Å². The molecule has 0 spiro atoms.